The Morgan fingerprint density at radius 2 is 2.17 bits per heavy atom. The van der Waals surface area contributed by atoms with Crippen molar-refractivity contribution in [1.29, 1.82) is 0 Å². The number of esters is 1. The molecule has 2 rings (SSSR count). The van der Waals surface area contributed by atoms with Gasteiger partial charge in [0.05, 0.1) is 22.6 Å². The Bertz CT molecular complexity index is 511. The first-order valence-electron chi connectivity index (χ1n) is 5.75. The minimum absolute atomic E-state index is 0.0242. The first kappa shape index (κ1) is 13.0. The summed E-state index contributed by atoms with van der Waals surface area (Å²) in [4.78, 5) is 24.3. The van der Waals surface area contributed by atoms with Crippen molar-refractivity contribution < 1.29 is 14.3 Å². The molecule has 1 heterocycles. The van der Waals surface area contributed by atoms with E-state index in [1.807, 2.05) is 13.8 Å². The molecule has 1 aliphatic heterocycles. The molecule has 1 aromatic carbocycles. The number of amides is 1. The van der Waals surface area contributed by atoms with Gasteiger partial charge >= 0.3 is 5.97 Å². The Kier molecular flexibility index (Phi) is 3.34. The molecule has 0 saturated carbocycles. The van der Waals surface area contributed by atoms with Crippen LogP contribution in [0, 0.1) is 0 Å². The Hall–Kier alpha value is -1.49. The number of carbonyl (C=O) groups is 2. The minimum atomic E-state index is -0.527. The maximum Gasteiger partial charge on any atom is 0.338 e. The van der Waals surface area contributed by atoms with Gasteiger partial charge in [-0.2, -0.15) is 0 Å². The number of rotatable bonds is 2. The van der Waals surface area contributed by atoms with Crippen molar-refractivity contribution in [2.45, 2.75) is 30.4 Å². The van der Waals surface area contributed by atoms with Crippen molar-refractivity contribution in [1.82, 2.24) is 0 Å². The van der Waals surface area contributed by atoms with E-state index in [1.54, 1.807) is 25.1 Å². The second-order valence-corrected chi connectivity index (χ2v) is 6.16. The van der Waals surface area contributed by atoms with Gasteiger partial charge in [0.25, 0.3) is 0 Å². The Labute approximate surface area is 110 Å². The molecule has 0 fully saturated rings. The molecule has 1 aromatic rings. The van der Waals surface area contributed by atoms with Crippen LogP contribution in [0.3, 0.4) is 0 Å². The highest BCUT2D eigenvalue weighted by Crippen LogP contribution is 2.42. The lowest BCUT2D eigenvalue weighted by molar-refractivity contribution is -0.117. The topological polar surface area (TPSA) is 55.4 Å². The lowest BCUT2D eigenvalue weighted by Crippen LogP contribution is -2.37. The second-order valence-electron chi connectivity index (χ2n) is 4.50. The number of ether oxygens (including phenoxy) is 1. The average Bonchev–Trinajstić information content (AvgIpc) is 2.30. The summed E-state index contributed by atoms with van der Waals surface area (Å²) in [6, 6.07) is 5.16. The molecule has 0 bridgehead atoms. The van der Waals surface area contributed by atoms with Crippen LogP contribution in [0.2, 0.25) is 0 Å². The van der Waals surface area contributed by atoms with E-state index in [0.717, 1.165) is 10.6 Å². The molecule has 0 unspecified atom stereocenters. The molecule has 18 heavy (non-hydrogen) atoms. The zero-order chi connectivity index (χ0) is 13.3. The first-order chi connectivity index (χ1) is 8.44. The van der Waals surface area contributed by atoms with Crippen LogP contribution in [0.4, 0.5) is 5.69 Å². The zero-order valence-electron chi connectivity index (χ0n) is 10.6. The van der Waals surface area contributed by atoms with Crippen LogP contribution >= 0.6 is 11.8 Å². The smallest absolute Gasteiger partial charge is 0.338 e. The summed E-state index contributed by atoms with van der Waals surface area (Å²) in [5, 5.41) is 2.84. The molecular weight excluding hydrogens is 250 g/mol. The van der Waals surface area contributed by atoms with Gasteiger partial charge in [-0.3, -0.25) is 4.79 Å². The number of benzene rings is 1. The highest BCUT2D eigenvalue weighted by atomic mass is 32.2. The highest BCUT2D eigenvalue weighted by molar-refractivity contribution is 8.01. The van der Waals surface area contributed by atoms with Crippen LogP contribution in [-0.4, -0.2) is 23.2 Å². The fraction of sp³-hybridized carbons (Fsp3) is 0.385. The van der Waals surface area contributed by atoms with Crippen molar-refractivity contribution >= 4 is 29.3 Å². The number of fused-ring (bicyclic) bond motifs is 1. The van der Waals surface area contributed by atoms with E-state index in [-0.39, 0.29) is 11.9 Å². The van der Waals surface area contributed by atoms with Crippen LogP contribution in [0.5, 0.6) is 0 Å². The third-order valence-electron chi connectivity index (χ3n) is 2.65. The molecule has 5 heteroatoms. The lowest BCUT2D eigenvalue weighted by atomic mass is 10.1. The Morgan fingerprint density at radius 3 is 2.83 bits per heavy atom. The standard InChI is InChI=1S/C13H15NO3S/c1-4-17-11(15)8-5-6-9-10(7-8)18-13(2,3)12(16)14-9/h5-7H,4H2,1-3H3,(H,14,16). The SMILES string of the molecule is CCOC(=O)c1ccc2c(c1)SC(C)(C)C(=O)N2. The predicted molar refractivity (Wildman–Crippen MR) is 71.0 cm³/mol. The summed E-state index contributed by atoms with van der Waals surface area (Å²) in [5.74, 6) is -0.362. The maximum atomic E-state index is 11.8. The summed E-state index contributed by atoms with van der Waals surface area (Å²) in [7, 11) is 0. The number of thioether (sulfide) groups is 1. The van der Waals surface area contributed by atoms with Crippen molar-refractivity contribution in [3.8, 4) is 0 Å². The third kappa shape index (κ3) is 2.36. The molecule has 0 atom stereocenters. The van der Waals surface area contributed by atoms with E-state index < -0.39 is 4.75 Å². The van der Waals surface area contributed by atoms with Crippen LogP contribution < -0.4 is 5.32 Å². The highest BCUT2D eigenvalue weighted by Gasteiger charge is 2.34. The normalized spacial score (nSPS) is 16.7. The van der Waals surface area contributed by atoms with Gasteiger partial charge in [-0.25, -0.2) is 4.79 Å². The molecule has 4 nitrogen and oxygen atoms in total. The van der Waals surface area contributed by atoms with Crippen LogP contribution in [-0.2, 0) is 9.53 Å². The molecular formula is C13H15NO3S. The largest absolute Gasteiger partial charge is 0.462 e. The molecule has 0 saturated heterocycles. The summed E-state index contributed by atoms with van der Waals surface area (Å²) < 4.78 is 4.43. The van der Waals surface area contributed by atoms with E-state index >= 15 is 0 Å². The van der Waals surface area contributed by atoms with E-state index in [1.165, 1.54) is 11.8 Å². The van der Waals surface area contributed by atoms with Crippen molar-refractivity contribution in [2.75, 3.05) is 11.9 Å². The second kappa shape index (κ2) is 4.65. The number of hydrogen-bond acceptors (Lipinski definition) is 4. The molecule has 0 aliphatic carbocycles. The van der Waals surface area contributed by atoms with Gasteiger partial charge in [-0.15, -0.1) is 11.8 Å². The maximum absolute atomic E-state index is 11.8. The molecule has 1 aliphatic rings. The molecule has 1 amide bonds. The molecule has 1 N–H and O–H groups in total. The monoisotopic (exact) mass is 265 g/mol. The molecule has 96 valence electrons. The zero-order valence-corrected chi connectivity index (χ0v) is 11.4. The number of anilines is 1. The van der Waals surface area contributed by atoms with E-state index in [2.05, 4.69) is 5.32 Å². The fourth-order valence-electron chi connectivity index (χ4n) is 1.65. The molecule has 0 aromatic heterocycles. The summed E-state index contributed by atoms with van der Waals surface area (Å²) in [6.45, 7) is 5.83. The summed E-state index contributed by atoms with van der Waals surface area (Å²) in [5.41, 5.74) is 1.26. The number of carbonyl (C=O) groups excluding carboxylic acids is 2. The van der Waals surface area contributed by atoms with Gasteiger partial charge in [0, 0.05) is 4.90 Å². The van der Waals surface area contributed by atoms with Crippen molar-refractivity contribution in [3.63, 3.8) is 0 Å². The van der Waals surface area contributed by atoms with Crippen LogP contribution in [0.25, 0.3) is 0 Å². The molecule has 0 radical (unpaired) electrons. The lowest BCUT2D eigenvalue weighted by Gasteiger charge is -2.29. The van der Waals surface area contributed by atoms with Crippen LogP contribution in [0.15, 0.2) is 23.1 Å². The van der Waals surface area contributed by atoms with Crippen molar-refractivity contribution in [3.05, 3.63) is 23.8 Å². The summed E-state index contributed by atoms with van der Waals surface area (Å²) >= 11 is 1.45. The molecule has 0 spiro atoms. The van der Waals surface area contributed by atoms with Gasteiger partial charge in [0.15, 0.2) is 0 Å². The Balaban J connectivity index is 2.33. The summed E-state index contributed by atoms with van der Waals surface area (Å²) in [6.07, 6.45) is 0. The van der Waals surface area contributed by atoms with E-state index in [0.29, 0.717) is 12.2 Å². The number of nitrogens with one attached hydrogen (secondary N) is 1. The van der Waals surface area contributed by atoms with Gasteiger partial charge in [0.2, 0.25) is 5.91 Å². The minimum Gasteiger partial charge on any atom is -0.462 e. The van der Waals surface area contributed by atoms with Gasteiger partial charge in [0.1, 0.15) is 0 Å². The first-order valence-corrected chi connectivity index (χ1v) is 6.57. The van der Waals surface area contributed by atoms with Gasteiger partial charge < -0.3 is 10.1 Å². The van der Waals surface area contributed by atoms with E-state index in [9.17, 15) is 9.59 Å². The Morgan fingerprint density at radius 1 is 1.44 bits per heavy atom. The average molecular weight is 265 g/mol. The fourth-order valence-corrected chi connectivity index (χ4v) is 2.75. The predicted octanol–water partition coefficient (Wildman–Crippen LogP) is 2.69. The number of hydrogen-bond donors (Lipinski definition) is 1. The van der Waals surface area contributed by atoms with Crippen molar-refractivity contribution in [2.24, 2.45) is 0 Å². The van der Waals surface area contributed by atoms with Gasteiger partial charge in [-0.1, -0.05) is 0 Å². The van der Waals surface area contributed by atoms with Gasteiger partial charge in [-0.05, 0) is 39.0 Å². The van der Waals surface area contributed by atoms with E-state index in [4.69, 9.17) is 4.74 Å². The van der Waals surface area contributed by atoms with Crippen LogP contribution in [0.1, 0.15) is 31.1 Å². The third-order valence-corrected chi connectivity index (χ3v) is 3.91. The quantitative estimate of drug-likeness (QED) is 0.835.